The van der Waals surface area contributed by atoms with Gasteiger partial charge in [-0.05, 0) is 25.8 Å². The molecule has 1 aliphatic heterocycles. The first kappa shape index (κ1) is 12.5. The van der Waals surface area contributed by atoms with E-state index in [4.69, 9.17) is 0 Å². The second-order valence-corrected chi connectivity index (χ2v) is 4.83. The summed E-state index contributed by atoms with van der Waals surface area (Å²) in [6.45, 7) is 8.28. The fourth-order valence-corrected chi connectivity index (χ4v) is 2.23. The Bertz CT molecular complexity index is 218. The molecule has 3 nitrogen and oxygen atoms in total. The van der Waals surface area contributed by atoms with E-state index in [0.717, 1.165) is 25.9 Å². The number of rotatable bonds is 4. The molecule has 1 aliphatic rings. The molecule has 0 bridgehead atoms. The van der Waals surface area contributed by atoms with Gasteiger partial charge in [0.1, 0.15) is 0 Å². The van der Waals surface area contributed by atoms with Gasteiger partial charge < -0.3 is 10.2 Å². The third-order valence-corrected chi connectivity index (χ3v) is 3.55. The summed E-state index contributed by atoms with van der Waals surface area (Å²) >= 11 is 0. The quantitative estimate of drug-likeness (QED) is 0.765. The zero-order valence-corrected chi connectivity index (χ0v) is 10.4. The summed E-state index contributed by atoms with van der Waals surface area (Å²) < 4.78 is 0. The van der Waals surface area contributed by atoms with Gasteiger partial charge in [-0.15, -0.1) is 0 Å². The molecule has 0 aromatic carbocycles. The van der Waals surface area contributed by atoms with E-state index in [1.54, 1.807) is 0 Å². The van der Waals surface area contributed by atoms with Gasteiger partial charge in [-0.25, -0.2) is 0 Å². The second-order valence-electron chi connectivity index (χ2n) is 4.83. The summed E-state index contributed by atoms with van der Waals surface area (Å²) in [5.74, 6) is 0.983. The first-order valence-electron chi connectivity index (χ1n) is 6.05. The van der Waals surface area contributed by atoms with Gasteiger partial charge in [0.15, 0.2) is 0 Å². The molecule has 1 rings (SSSR count). The van der Waals surface area contributed by atoms with Gasteiger partial charge in [0, 0.05) is 19.6 Å². The van der Waals surface area contributed by atoms with Crippen molar-refractivity contribution in [1.29, 1.82) is 0 Å². The third-order valence-electron chi connectivity index (χ3n) is 3.55. The molecular formula is C12H24N2O. The number of carbonyl (C=O) groups is 1. The van der Waals surface area contributed by atoms with E-state index in [2.05, 4.69) is 26.1 Å². The van der Waals surface area contributed by atoms with Crippen molar-refractivity contribution in [2.75, 3.05) is 20.1 Å². The highest BCUT2D eigenvalue weighted by Gasteiger charge is 2.32. The highest BCUT2D eigenvalue weighted by molar-refractivity contribution is 5.79. The van der Waals surface area contributed by atoms with Gasteiger partial charge in [0.05, 0.1) is 5.92 Å². The molecule has 88 valence electrons. The topological polar surface area (TPSA) is 32.3 Å². The number of hydrogen-bond acceptors (Lipinski definition) is 2. The average molecular weight is 212 g/mol. The minimum Gasteiger partial charge on any atom is -0.343 e. The predicted octanol–water partition coefficient (Wildman–Crippen LogP) is 1.49. The van der Waals surface area contributed by atoms with Crippen LogP contribution in [0.4, 0.5) is 0 Å². The Morgan fingerprint density at radius 3 is 2.67 bits per heavy atom. The standard InChI is InChI=1S/C12H24N2O/c1-5-6-10(3)14(4)12(15)11-8-13-7-9(11)2/h9-11,13H,5-8H2,1-4H3. The smallest absolute Gasteiger partial charge is 0.227 e. The van der Waals surface area contributed by atoms with Crippen LogP contribution in [-0.4, -0.2) is 37.0 Å². The van der Waals surface area contributed by atoms with E-state index < -0.39 is 0 Å². The molecule has 0 radical (unpaired) electrons. The van der Waals surface area contributed by atoms with Gasteiger partial charge in [-0.3, -0.25) is 4.79 Å². The monoisotopic (exact) mass is 212 g/mol. The van der Waals surface area contributed by atoms with Gasteiger partial charge in [0.2, 0.25) is 5.91 Å². The Balaban J connectivity index is 2.51. The van der Waals surface area contributed by atoms with Crippen LogP contribution in [0.25, 0.3) is 0 Å². The largest absolute Gasteiger partial charge is 0.343 e. The average Bonchev–Trinajstić information content (AvgIpc) is 2.62. The maximum atomic E-state index is 12.2. The molecule has 1 amide bonds. The van der Waals surface area contributed by atoms with E-state index in [-0.39, 0.29) is 5.92 Å². The lowest BCUT2D eigenvalue weighted by Crippen LogP contribution is -2.41. The molecule has 3 unspecified atom stereocenters. The van der Waals surface area contributed by atoms with Crippen molar-refractivity contribution in [3.8, 4) is 0 Å². The fourth-order valence-electron chi connectivity index (χ4n) is 2.23. The van der Waals surface area contributed by atoms with Gasteiger partial charge in [-0.1, -0.05) is 20.3 Å². The van der Waals surface area contributed by atoms with Crippen LogP contribution >= 0.6 is 0 Å². The highest BCUT2D eigenvalue weighted by Crippen LogP contribution is 2.19. The van der Waals surface area contributed by atoms with Crippen LogP contribution in [0, 0.1) is 11.8 Å². The summed E-state index contributed by atoms with van der Waals surface area (Å²) in [6, 6.07) is 0.371. The van der Waals surface area contributed by atoms with Crippen molar-refractivity contribution in [1.82, 2.24) is 10.2 Å². The molecule has 3 atom stereocenters. The zero-order chi connectivity index (χ0) is 11.4. The first-order chi connectivity index (χ1) is 7.07. The van der Waals surface area contributed by atoms with E-state index in [1.165, 1.54) is 0 Å². The van der Waals surface area contributed by atoms with E-state index in [1.807, 2.05) is 11.9 Å². The van der Waals surface area contributed by atoms with Crippen molar-refractivity contribution in [2.24, 2.45) is 11.8 Å². The van der Waals surface area contributed by atoms with Crippen LogP contribution in [0.5, 0.6) is 0 Å². The SMILES string of the molecule is CCCC(C)N(C)C(=O)C1CNCC1C. The number of carbonyl (C=O) groups excluding carboxylic acids is 1. The Morgan fingerprint density at radius 2 is 2.20 bits per heavy atom. The number of nitrogens with one attached hydrogen (secondary N) is 1. The first-order valence-corrected chi connectivity index (χ1v) is 6.05. The predicted molar refractivity (Wildman–Crippen MR) is 62.7 cm³/mol. The summed E-state index contributed by atoms with van der Waals surface area (Å²) in [5, 5.41) is 3.28. The summed E-state index contributed by atoms with van der Waals surface area (Å²) in [6.07, 6.45) is 2.23. The molecule has 1 saturated heterocycles. The third kappa shape index (κ3) is 2.94. The number of hydrogen-bond donors (Lipinski definition) is 1. The van der Waals surface area contributed by atoms with E-state index >= 15 is 0 Å². The Kier molecular flexibility index (Phi) is 4.58. The number of amides is 1. The molecule has 0 spiro atoms. The van der Waals surface area contributed by atoms with Crippen molar-refractivity contribution in [3.63, 3.8) is 0 Å². The molecule has 1 fully saturated rings. The van der Waals surface area contributed by atoms with Crippen molar-refractivity contribution < 1.29 is 4.79 Å². The lowest BCUT2D eigenvalue weighted by atomic mass is 9.96. The van der Waals surface area contributed by atoms with Gasteiger partial charge >= 0.3 is 0 Å². The summed E-state index contributed by atoms with van der Waals surface area (Å²) in [7, 11) is 1.94. The lowest BCUT2D eigenvalue weighted by Gasteiger charge is -2.28. The molecular weight excluding hydrogens is 188 g/mol. The van der Waals surface area contributed by atoms with Crippen molar-refractivity contribution >= 4 is 5.91 Å². The van der Waals surface area contributed by atoms with Crippen LogP contribution in [0.15, 0.2) is 0 Å². The minimum atomic E-state index is 0.189. The van der Waals surface area contributed by atoms with E-state index in [9.17, 15) is 4.79 Å². The van der Waals surface area contributed by atoms with Crippen molar-refractivity contribution in [2.45, 2.75) is 39.7 Å². The molecule has 15 heavy (non-hydrogen) atoms. The molecule has 3 heteroatoms. The maximum Gasteiger partial charge on any atom is 0.227 e. The lowest BCUT2D eigenvalue weighted by molar-refractivity contribution is -0.136. The van der Waals surface area contributed by atoms with Crippen LogP contribution in [0.1, 0.15) is 33.6 Å². The van der Waals surface area contributed by atoms with Gasteiger partial charge in [-0.2, -0.15) is 0 Å². The molecule has 0 aromatic heterocycles. The van der Waals surface area contributed by atoms with E-state index in [0.29, 0.717) is 17.9 Å². The molecule has 1 heterocycles. The fraction of sp³-hybridized carbons (Fsp3) is 0.917. The summed E-state index contributed by atoms with van der Waals surface area (Å²) in [5.41, 5.74) is 0. The summed E-state index contributed by atoms with van der Waals surface area (Å²) in [4.78, 5) is 14.1. The molecule has 0 aromatic rings. The van der Waals surface area contributed by atoms with Crippen LogP contribution in [0.2, 0.25) is 0 Å². The molecule has 0 aliphatic carbocycles. The minimum absolute atomic E-state index is 0.189. The Hall–Kier alpha value is -0.570. The maximum absolute atomic E-state index is 12.2. The van der Waals surface area contributed by atoms with Crippen LogP contribution in [0.3, 0.4) is 0 Å². The van der Waals surface area contributed by atoms with Crippen LogP contribution in [-0.2, 0) is 4.79 Å². The highest BCUT2D eigenvalue weighted by atomic mass is 16.2. The van der Waals surface area contributed by atoms with Crippen LogP contribution < -0.4 is 5.32 Å². The normalized spacial score (nSPS) is 27.7. The molecule has 0 saturated carbocycles. The van der Waals surface area contributed by atoms with Gasteiger partial charge in [0.25, 0.3) is 0 Å². The molecule has 1 N–H and O–H groups in total. The Labute approximate surface area is 93.2 Å². The second kappa shape index (κ2) is 5.50. The van der Waals surface area contributed by atoms with Crippen molar-refractivity contribution in [3.05, 3.63) is 0 Å². The number of nitrogens with zero attached hydrogens (tertiary/aromatic N) is 1. The Morgan fingerprint density at radius 1 is 1.53 bits per heavy atom. The zero-order valence-electron chi connectivity index (χ0n) is 10.4.